The van der Waals surface area contributed by atoms with Crippen molar-refractivity contribution in [2.45, 2.75) is 58.9 Å². The zero-order valence-corrected chi connectivity index (χ0v) is 23.4. The third kappa shape index (κ3) is 6.99. The number of benzene rings is 2. The van der Waals surface area contributed by atoms with Crippen LogP contribution in [-0.4, -0.2) is 58.8 Å². The highest BCUT2D eigenvalue weighted by atomic mass is 16.2. The molecule has 0 bridgehead atoms. The van der Waals surface area contributed by atoms with Gasteiger partial charge in [-0.05, 0) is 47.9 Å². The molecule has 7 heteroatoms. The van der Waals surface area contributed by atoms with Crippen LogP contribution in [-0.2, 0) is 17.4 Å². The first-order valence-corrected chi connectivity index (χ1v) is 13.2. The van der Waals surface area contributed by atoms with E-state index < -0.39 is 0 Å². The van der Waals surface area contributed by atoms with Gasteiger partial charge >= 0.3 is 6.03 Å². The van der Waals surface area contributed by atoms with Gasteiger partial charge in [0.1, 0.15) is 5.82 Å². The standard InChI is InChI=1S/C30H42N6O/c1-29(2,3)23-10-12-24(13-11-23)31-28(37)32-27-20-26(30(4,5)6)33-36(27)25-14-8-22(9-15-25)21-35-18-16-34(7)17-19-35/h8-15,20H,16-19,21H2,1-7H3,(H2,31,32,37). The van der Waals surface area contributed by atoms with Crippen molar-refractivity contribution in [2.24, 2.45) is 0 Å². The van der Waals surface area contributed by atoms with E-state index in [9.17, 15) is 4.79 Å². The molecule has 198 valence electrons. The van der Waals surface area contributed by atoms with Gasteiger partial charge in [0.05, 0.1) is 11.4 Å². The van der Waals surface area contributed by atoms with Gasteiger partial charge in [-0.3, -0.25) is 10.2 Å². The van der Waals surface area contributed by atoms with E-state index in [1.165, 1.54) is 11.1 Å². The molecular weight excluding hydrogens is 460 g/mol. The molecule has 2 heterocycles. The van der Waals surface area contributed by atoms with Crippen LogP contribution in [0.5, 0.6) is 0 Å². The molecule has 0 aliphatic carbocycles. The minimum atomic E-state index is -0.295. The smallest absolute Gasteiger partial charge is 0.308 e. The van der Waals surface area contributed by atoms with Crippen molar-refractivity contribution < 1.29 is 4.79 Å². The lowest BCUT2D eigenvalue weighted by molar-refractivity contribution is 0.148. The molecule has 2 aromatic carbocycles. The normalized spacial score (nSPS) is 15.5. The van der Waals surface area contributed by atoms with E-state index in [0.717, 1.165) is 49.8 Å². The highest BCUT2D eigenvalue weighted by Crippen LogP contribution is 2.27. The summed E-state index contributed by atoms with van der Waals surface area (Å²) < 4.78 is 1.82. The molecule has 0 atom stereocenters. The van der Waals surface area contributed by atoms with Crippen LogP contribution in [0, 0.1) is 0 Å². The van der Waals surface area contributed by atoms with Crippen molar-refractivity contribution in [1.82, 2.24) is 19.6 Å². The molecule has 3 aromatic rings. The molecule has 1 fully saturated rings. The lowest BCUT2D eigenvalue weighted by atomic mass is 9.87. The number of hydrogen-bond acceptors (Lipinski definition) is 4. The summed E-state index contributed by atoms with van der Waals surface area (Å²) in [4.78, 5) is 17.8. The van der Waals surface area contributed by atoms with Gasteiger partial charge in [0.2, 0.25) is 0 Å². The number of amides is 2. The van der Waals surface area contributed by atoms with Crippen molar-refractivity contribution in [3.63, 3.8) is 0 Å². The van der Waals surface area contributed by atoms with Gasteiger partial charge < -0.3 is 10.2 Å². The molecule has 7 nitrogen and oxygen atoms in total. The molecular formula is C30H42N6O. The van der Waals surface area contributed by atoms with E-state index >= 15 is 0 Å². The highest BCUT2D eigenvalue weighted by molar-refractivity contribution is 5.99. The second-order valence-electron chi connectivity index (χ2n) is 12.2. The Morgan fingerprint density at radius 3 is 2.03 bits per heavy atom. The Balaban J connectivity index is 1.49. The lowest BCUT2D eigenvalue weighted by Crippen LogP contribution is -2.43. The minimum Gasteiger partial charge on any atom is -0.308 e. The van der Waals surface area contributed by atoms with Gasteiger partial charge in [0, 0.05) is 49.9 Å². The molecule has 37 heavy (non-hydrogen) atoms. The van der Waals surface area contributed by atoms with Crippen LogP contribution in [0.2, 0.25) is 0 Å². The Morgan fingerprint density at radius 1 is 0.838 bits per heavy atom. The van der Waals surface area contributed by atoms with Crippen molar-refractivity contribution in [3.05, 3.63) is 71.4 Å². The molecule has 0 unspecified atom stereocenters. The third-order valence-corrected chi connectivity index (χ3v) is 6.91. The Labute approximate surface area is 221 Å². The maximum Gasteiger partial charge on any atom is 0.324 e. The van der Waals surface area contributed by atoms with Crippen molar-refractivity contribution in [2.75, 3.05) is 43.9 Å². The summed E-state index contributed by atoms with van der Waals surface area (Å²) >= 11 is 0. The summed E-state index contributed by atoms with van der Waals surface area (Å²) in [6.45, 7) is 18.2. The first-order chi connectivity index (χ1) is 17.4. The summed E-state index contributed by atoms with van der Waals surface area (Å²) in [7, 11) is 2.18. The maximum atomic E-state index is 12.9. The zero-order valence-electron chi connectivity index (χ0n) is 23.4. The Kier molecular flexibility index (Phi) is 7.76. The number of nitrogens with one attached hydrogen (secondary N) is 2. The zero-order chi connectivity index (χ0) is 26.8. The molecule has 0 spiro atoms. The number of aromatic nitrogens is 2. The fourth-order valence-corrected chi connectivity index (χ4v) is 4.37. The number of rotatable bonds is 5. The molecule has 1 aliphatic rings. The second-order valence-corrected chi connectivity index (χ2v) is 12.2. The number of anilines is 2. The van der Waals surface area contributed by atoms with Gasteiger partial charge in [-0.25, -0.2) is 9.48 Å². The average Bonchev–Trinajstić information content (AvgIpc) is 3.25. The average molecular weight is 503 g/mol. The quantitative estimate of drug-likeness (QED) is 0.459. The van der Waals surface area contributed by atoms with E-state index in [4.69, 9.17) is 5.10 Å². The van der Waals surface area contributed by atoms with Crippen LogP contribution in [0.15, 0.2) is 54.6 Å². The van der Waals surface area contributed by atoms with E-state index in [2.05, 4.69) is 105 Å². The first kappa shape index (κ1) is 26.9. The Bertz CT molecular complexity index is 1190. The van der Waals surface area contributed by atoms with Crippen LogP contribution in [0.25, 0.3) is 5.69 Å². The SMILES string of the molecule is CN1CCN(Cc2ccc(-n3nc(C(C)(C)C)cc3NC(=O)Nc3ccc(C(C)(C)C)cc3)cc2)CC1. The largest absolute Gasteiger partial charge is 0.324 e. The fourth-order valence-electron chi connectivity index (χ4n) is 4.37. The topological polar surface area (TPSA) is 65.4 Å². The number of carbonyl (C=O) groups is 1. The molecule has 1 saturated heterocycles. The Hall–Kier alpha value is -3.16. The van der Waals surface area contributed by atoms with E-state index in [0.29, 0.717) is 5.82 Å². The van der Waals surface area contributed by atoms with Crippen molar-refractivity contribution in [3.8, 4) is 5.69 Å². The molecule has 4 rings (SSSR count). The molecule has 1 aromatic heterocycles. The number of urea groups is 1. The van der Waals surface area contributed by atoms with E-state index in [-0.39, 0.29) is 16.9 Å². The molecule has 1 aliphatic heterocycles. The van der Waals surface area contributed by atoms with Gasteiger partial charge in [-0.2, -0.15) is 5.10 Å². The van der Waals surface area contributed by atoms with Crippen LogP contribution in [0.4, 0.5) is 16.3 Å². The van der Waals surface area contributed by atoms with Crippen LogP contribution < -0.4 is 10.6 Å². The van der Waals surface area contributed by atoms with Crippen LogP contribution in [0.3, 0.4) is 0 Å². The number of hydrogen-bond donors (Lipinski definition) is 2. The molecule has 0 radical (unpaired) electrons. The Morgan fingerprint density at radius 2 is 1.46 bits per heavy atom. The van der Waals surface area contributed by atoms with Crippen molar-refractivity contribution >= 4 is 17.5 Å². The van der Waals surface area contributed by atoms with E-state index in [1.807, 2.05) is 22.9 Å². The summed E-state index contributed by atoms with van der Waals surface area (Å²) in [6, 6.07) is 18.1. The number of carbonyl (C=O) groups excluding carboxylic acids is 1. The van der Waals surface area contributed by atoms with Crippen molar-refractivity contribution in [1.29, 1.82) is 0 Å². The van der Waals surface area contributed by atoms with E-state index in [1.54, 1.807) is 0 Å². The number of nitrogens with zero attached hydrogens (tertiary/aromatic N) is 4. The highest BCUT2D eigenvalue weighted by Gasteiger charge is 2.22. The predicted octanol–water partition coefficient (Wildman–Crippen LogP) is 5.86. The molecule has 2 N–H and O–H groups in total. The summed E-state index contributed by atoms with van der Waals surface area (Å²) in [5.74, 6) is 0.639. The van der Waals surface area contributed by atoms with Gasteiger partial charge in [0.15, 0.2) is 0 Å². The minimum absolute atomic E-state index is 0.0662. The predicted molar refractivity (Wildman–Crippen MR) is 153 cm³/mol. The summed E-state index contributed by atoms with van der Waals surface area (Å²) in [5, 5.41) is 10.8. The van der Waals surface area contributed by atoms with Gasteiger partial charge in [-0.15, -0.1) is 0 Å². The number of piperazine rings is 1. The summed E-state index contributed by atoms with van der Waals surface area (Å²) in [6.07, 6.45) is 0. The van der Waals surface area contributed by atoms with Gasteiger partial charge in [0.25, 0.3) is 0 Å². The first-order valence-electron chi connectivity index (χ1n) is 13.2. The number of likely N-dealkylation sites (N-methyl/N-ethyl adjacent to an activating group) is 1. The summed E-state index contributed by atoms with van der Waals surface area (Å²) in [5.41, 5.74) is 5.01. The monoisotopic (exact) mass is 502 g/mol. The second kappa shape index (κ2) is 10.7. The fraction of sp³-hybridized carbons (Fsp3) is 0.467. The van der Waals surface area contributed by atoms with Crippen LogP contribution >= 0.6 is 0 Å². The molecule has 2 amide bonds. The molecule has 0 saturated carbocycles. The van der Waals surface area contributed by atoms with Gasteiger partial charge in [-0.1, -0.05) is 65.8 Å². The lowest BCUT2D eigenvalue weighted by Gasteiger charge is -2.32. The van der Waals surface area contributed by atoms with Crippen LogP contribution in [0.1, 0.15) is 58.4 Å². The third-order valence-electron chi connectivity index (χ3n) is 6.91. The maximum absolute atomic E-state index is 12.9.